The van der Waals surface area contributed by atoms with Gasteiger partial charge in [-0.1, -0.05) is 71.6 Å². The Morgan fingerprint density at radius 2 is 1.55 bits per heavy atom. The van der Waals surface area contributed by atoms with Crippen molar-refractivity contribution in [1.29, 1.82) is 0 Å². The molecule has 0 heterocycles. The molecule has 6 heteroatoms. The van der Waals surface area contributed by atoms with Crippen molar-refractivity contribution >= 4 is 26.8 Å². The first-order chi connectivity index (χ1) is 19.6. The summed E-state index contributed by atoms with van der Waals surface area (Å²) in [7, 11) is -3.81. The summed E-state index contributed by atoms with van der Waals surface area (Å²) in [5, 5.41) is 0.801. The van der Waals surface area contributed by atoms with E-state index in [1.54, 1.807) is 12.1 Å². The molecule has 1 aromatic carbocycles. The fraction of sp³-hybridized carbons (Fsp3) is 0.806. The van der Waals surface area contributed by atoms with Crippen LogP contribution >= 0.6 is 0 Å². The fourth-order valence-electron chi connectivity index (χ4n) is 10.2. The molecule has 0 N–H and O–H groups in total. The first-order valence-electron chi connectivity index (χ1n) is 16.7. The Labute approximate surface area is 260 Å². The molecule has 0 amide bonds. The smallest absolute Gasteiger partial charge is 0.137 e. The zero-order valence-electron chi connectivity index (χ0n) is 27.7. The molecule has 4 fully saturated rings. The standard InChI is InChI=1S/C29H51OS.C7H8O3S/c1-19(2)9-8-10-20(3)23-11-12-24-22-18-27(30)26-17-21(31(6)7)13-15-29(26,5)25(22)14-16-28(23,24)4;1-6-2-4-7(5-3-6)11(8,9)10/h19-26H,8-18H2,1-7H3;2-5H,1H3,(H,8,9,10)/q+1;/p-1/t20-,21?,22+,23-,24+,25+,26?,28-,29-;/m1./s1. The van der Waals surface area contributed by atoms with E-state index in [2.05, 4.69) is 47.1 Å². The average Bonchev–Trinajstić information content (AvgIpc) is 3.26. The summed E-state index contributed by atoms with van der Waals surface area (Å²) in [4.78, 5) is 13.4. The van der Waals surface area contributed by atoms with Gasteiger partial charge in [0.25, 0.3) is 0 Å². The maximum atomic E-state index is 13.6. The highest BCUT2D eigenvalue weighted by atomic mass is 32.2. The van der Waals surface area contributed by atoms with E-state index in [-0.39, 0.29) is 4.90 Å². The van der Waals surface area contributed by atoms with Crippen molar-refractivity contribution in [3.63, 3.8) is 0 Å². The molecular weight excluding hydrogens is 561 g/mol. The van der Waals surface area contributed by atoms with Crippen LogP contribution in [-0.2, 0) is 25.8 Å². The van der Waals surface area contributed by atoms with Crippen LogP contribution < -0.4 is 0 Å². The summed E-state index contributed by atoms with van der Waals surface area (Å²) in [5.41, 5.74) is 1.73. The Bertz CT molecular complexity index is 1180. The normalized spacial score (nSPS) is 37.0. The summed E-state index contributed by atoms with van der Waals surface area (Å²) in [5.74, 6) is 5.95. The zero-order valence-corrected chi connectivity index (χ0v) is 29.3. The number of hydrogen-bond acceptors (Lipinski definition) is 4. The topological polar surface area (TPSA) is 74.3 Å². The largest absolute Gasteiger partial charge is 0.744 e. The van der Waals surface area contributed by atoms with Gasteiger partial charge < -0.3 is 4.55 Å². The van der Waals surface area contributed by atoms with Crippen molar-refractivity contribution in [3.05, 3.63) is 29.8 Å². The molecule has 0 saturated heterocycles. The molecule has 0 aromatic heterocycles. The summed E-state index contributed by atoms with van der Waals surface area (Å²) in [6, 6.07) is 5.78. The van der Waals surface area contributed by atoms with E-state index in [1.165, 1.54) is 76.3 Å². The third-order valence-electron chi connectivity index (χ3n) is 12.6. The van der Waals surface area contributed by atoms with Gasteiger partial charge >= 0.3 is 0 Å². The molecule has 0 aliphatic heterocycles. The minimum atomic E-state index is -4.27. The van der Waals surface area contributed by atoms with Gasteiger partial charge in [-0.15, -0.1) is 0 Å². The number of carbonyl (C=O) groups excluding carboxylic acids is 1. The van der Waals surface area contributed by atoms with E-state index in [0.29, 0.717) is 39.3 Å². The van der Waals surface area contributed by atoms with Gasteiger partial charge in [0.05, 0.1) is 17.4 Å². The molecule has 42 heavy (non-hydrogen) atoms. The molecule has 4 saturated carbocycles. The van der Waals surface area contributed by atoms with Crippen LogP contribution in [0, 0.1) is 59.2 Å². The van der Waals surface area contributed by atoms with Crippen LogP contribution in [0.25, 0.3) is 0 Å². The minimum Gasteiger partial charge on any atom is -0.744 e. The van der Waals surface area contributed by atoms with Crippen molar-refractivity contribution in [1.82, 2.24) is 0 Å². The second kappa shape index (κ2) is 13.3. The number of Topliss-reactive ketones (excluding diaryl/α,β-unsaturated/α-hetero) is 1. The lowest BCUT2D eigenvalue weighted by Gasteiger charge is -2.60. The molecule has 238 valence electrons. The number of ketones is 1. The third kappa shape index (κ3) is 7.01. The lowest BCUT2D eigenvalue weighted by molar-refractivity contribution is -0.154. The number of aryl methyl sites for hydroxylation is 1. The van der Waals surface area contributed by atoms with Gasteiger partial charge in [0.2, 0.25) is 0 Å². The van der Waals surface area contributed by atoms with Crippen LogP contribution in [0.3, 0.4) is 0 Å². The van der Waals surface area contributed by atoms with Crippen molar-refractivity contribution in [2.24, 2.45) is 52.3 Å². The second-order valence-corrected chi connectivity index (χ2v) is 19.5. The monoisotopic (exact) mass is 618 g/mol. The van der Waals surface area contributed by atoms with Gasteiger partial charge in [0.1, 0.15) is 21.2 Å². The molecule has 1 aromatic rings. The Morgan fingerprint density at radius 3 is 2.14 bits per heavy atom. The lowest BCUT2D eigenvalue weighted by atomic mass is 9.44. The Balaban J connectivity index is 0.000000310. The van der Waals surface area contributed by atoms with E-state index in [9.17, 15) is 17.8 Å². The third-order valence-corrected chi connectivity index (χ3v) is 15.2. The summed E-state index contributed by atoms with van der Waals surface area (Å²) in [6.45, 7) is 14.3. The minimum absolute atomic E-state index is 0.178. The summed E-state index contributed by atoms with van der Waals surface area (Å²) < 4.78 is 31.2. The number of hydrogen-bond donors (Lipinski definition) is 0. The quantitative estimate of drug-likeness (QED) is 0.227. The first kappa shape index (κ1) is 34.0. The summed E-state index contributed by atoms with van der Waals surface area (Å²) in [6.07, 6.45) is 19.5. The number of carbonyl (C=O) groups is 1. The van der Waals surface area contributed by atoms with Gasteiger partial charge in [-0.25, -0.2) is 8.42 Å². The van der Waals surface area contributed by atoms with Crippen LogP contribution in [0.1, 0.15) is 111 Å². The first-order valence-corrected chi connectivity index (χ1v) is 20.2. The van der Waals surface area contributed by atoms with Crippen LogP contribution in [-0.4, -0.2) is 36.5 Å². The van der Waals surface area contributed by atoms with Crippen molar-refractivity contribution in [3.8, 4) is 0 Å². The molecule has 4 nitrogen and oxygen atoms in total. The highest BCUT2D eigenvalue weighted by Gasteiger charge is 2.63. The molecule has 4 aliphatic rings. The Morgan fingerprint density at radius 1 is 0.929 bits per heavy atom. The van der Waals surface area contributed by atoms with Crippen LogP contribution in [0.15, 0.2) is 29.2 Å². The Kier molecular flexibility index (Phi) is 10.7. The van der Waals surface area contributed by atoms with Gasteiger partial charge in [0.15, 0.2) is 0 Å². The van der Waals surface area contributed by atoms with E-state index in [0.717, 1.165) is 46.8 Å². The summed E-state index contributed by atoms with van der Waals surface area (Å²) >= 11 is 0. The number of fused-ring (bicyclic) bond motifs is 5. The van der Waals surface area contributed by atoms with E-state index >= 15 is 0 Å². The highest BCUT2D eigenvalue weighted by Crippen LogP contribution is 2.68. The number of rotatable bonds is 7. The van der Waals surface area contributed by atoms with Crippen LogP contribution in [0.2, 0.25) is 0 Å². The van der Waals surface area contributed by atoms with Gasteiger partial charge in [0, 0.05) is 18.8 Å². The molecular formula is C36H58O4S2. The van der Waals surface area contributed by atoms with Crippen molar-refractivity contribution in [2.75, 3.05) is 12.5 Å². The van der Waals surface area contributed by atoms with E-state index in [1.807, 2.05) is 6.92 Å². The zero-order chi connectivity index (χ0) is 31.0. The van der Waals surface area contributed by atoms with Crippen molar-refractivity contribution < 1.29 is 17.8 Å². The average molecular weight is 619 g/mol. The van der Waals surface area contributed by atoms with Crippen molar-refractivity contribution in [2.45, 2.75) is 122 Å². The van der Waals surface area contributed by atoms with Crippen LogP contribution in [0.4, 0.5) is 0 Å². The maximum Gasteiger partial charge on any atom is 0.137 e. The molecule has 0 bridgehead atoms. The molecule has 0 spiro atoms. The molecule has 5 rings (SSSR count). The fourth-order valence-corrected chi connectivity index (χ4v) is 11.8. The van der Waals surface area contributed by atoms with Crippen LogP contribution in [0.5, 0.6) is 0 Å². The molecule has 4 aliphatic carbocycles. The predicted octanol–water partition coefficient (Wildman–Crippen LogP) is 8.43. The van der Waals surface area contributed by atoms with E-state index < -0.39 is 10.1 Å². The SMILES string of the molecule is CC(C)CCC[C@@H](C)[C@H]1CC[C@H]2[C@@H]3CC(=O)C4CC([S+](C)C)CC[C@]4(C)[C@H]3CC[C@]12C.Cc1ccc(S(=O)(=O)[O-])cc1. The van der Waals surface area contributed by atoms with Gasteiger partial charge in [-0.2, -0.15) is 0 Å². The molecule has 0 radical (unpaired) electrons. The highest BCUT2D eigenvalue weighted by molar-refractivity contribution is 7.96. The maximum absolute atomic E-state index is 13.6. The van der Waals surface area contributed by atoms with E-state index in [4.69, 9.17) is 0 Å². The molecule has 9 atom stereocenters. The molecule has 2 unspecified atom stereocenters. The Hall–Kier alpha value is -0.850. The predicted molar refractivity (Wildman–Crippen MR) is 176 cm³/mol. The second-order valence-electron chi connectivity index (χ2n) is 15.7. The number of benzene rings is 1. The van der Waals surface area contributed by atoms with Gasteiger partial charge in [-0.05, 0) is 115 Å². The van der Waals surface area contributed by atoms with Gasteiger partial charge in [-0.3, -0.25) is 4.79 Å². The lowest BCUT2D eigenvalue weighted by Crippen LogP contribution is -2.57.